The first-order chi connectivity index (χ1) is 7.76. The van der Waals surface area contributed by atoms with Crippen molar-refractivity contribution in [2.75, 3.05) is 25.1 Å². The minimum absolute atomic E-state index is 0.0966. The summed E-state index contributed by atoms with van der Waals surface area (Å²) in [5.74, 6) is 0.776. The van der Waals surface area contributed by atoms with Gasteiger partial charge in [0.2, 0.25) is 0 Å². The highest BCUT2D eigenvalue weighted by Crippen LogP contribution is 2.28. The molecule has 1 saturated heterocycles. The fourth-order valence-electron chi connectivity index (χ4n) is 1.81. The van der Waals surface area contributed by atoms with Gasteiger partial charge in [-0.1, -0.05) is 0 Å². The number of aromatic nitrogens is 1. The molecule has 0 saturated carbocycles. The van der Waals surface area contributed by atoms with Crippen molar-refractivity contribution in [1.29, 1.82) is 0 Å². The average molecular weight is 287 g/mol. The zero-order valence-electron chi connectivity index (χ0n) is 8.95. The molecule has 4 nitrogen and oxygen atoms in total. The number of nitrogens with zero attached hydrogens (tertiary/aromatic N) is 1. The Morgan fingerprint density at radius 1 is 1.50 bits per heavy atom. The summed E-state index contributed by atoms with van der Waals surface area (Å²) in [5.41, 5.74) is -0.297. The number of aliphatic hydroxyl groups is 1. The van der Waals surface area contributed by atoms with Gasteiger partial charge < -0.3 is 15.2 Å². The van der Waals surface area contributed by atoms with Gasteiger partial charge in [-0.15, -0.1) is 0 Å². The molecule has 1 fully saturated rings. The Morgan fingerprint density at radius 3 is 2.88 bits per heavy atom. The second kappa shape index (κ2) is 5.12. The Balaban J connectivity index is 2.15. The zero-order chi connectivity index (χ0) is 11.4. The number of nitrogens with one attached hydrogen (secondary N) is 1. The number of ether oxygens (including phenoxy) is 1. The number of anilines is 1. The number of halogens is 1. The summed E-state index contributed by atoms with van der Waals surface area (Å²) in [7, 11) is 0. The van der Waals surface area contributed by atoms with E-state index in [-0.39, 0.29) is 12.1 Å². The molecule has 16 heavy (non-hydrogen) atoms. The molecule has 0 amide bonds. The van der Waals surface area contributed by atoms with Crippen molar-refractivity contribution in [2.45, 2.75) is 18.4 Å². The maximum atomic E-state index is 9.53. The summed E-state index contributed by atoms with van der Waals surface area (Å²) in [6, 6.07) is 3.80. The molecule has 1 aliphatic rings. The van der Waals surface area contributed by atoms with Gasteiger partial charge >= 0.3 is 0 Å². The first-order valence-electron chi connectivity index (χ1n) is 5.33. The SMILES string of the molecule is OCC1(Nc2ncccc2Br)CCOCC1. The Hall–Kier alpha value is -0.650. The molecule has 88 valence electrons. The molecule has 2 rings (SSSR count). The number of pyridine rings is 1. The van der Waals surface area contributed by atoms with E-state index in [1.807, 2.05) is 12.1 Å². The standard InChI is InChI=1S/C11H15BrN2O2/c12-9-2-1-5-13-10(9)14-11(8-15)3-6-16-7-4-11/h1-2,5,15H,3-4,6-8H2,(H,13,14). The van der Waals surface area contributed by atoms with Crippen molar-refractivity contribution in [3.63, 3.8) is 0 Å². The lowest BCUT2D eigenvalue weighted by atomic mass is 9.91. The van der Waals surface area contributed by atoms with Gasteiger partial charge in [0.15, 0.2) is 0 Å². The van der Waals surface area contributed by atoms with Crippen LogP contribution in [0.15, 0.2) is 22.8 Å². The molecule has 0 radical (unpaired) electrons. The first-order valence-corrected chi connectivity index (χ1v) is 6.12. The number of aliphatic hydroxyl groups excluding tert-OH is 1. The Kier molecular flexibility index (Phi) is 3.78. The van der Waals surface area contributed by atoms with Crippen LogP contribution in [0, 0.1) is 0 Å². The summed E-state index contributed by atoms with van der Waals surface area (Å²) in [4.78, 5) is 4.26. The number of rotatable bonds is 3. The van der Waals surface area contributed by atoms with Crippen LogP contribution >= 0.6 is 15.9 Å². The van der Waals surface area contributed by atoms with Gasteiger partial charge in [-0.05, 0) is 40.9 Å². The Morgan fingerprint density at radius 2 is 2.25 bits per heavy atom. The summed E-state index contributed by atoms with van der Waals surface area (Å²) < 4.78 is 6.22. The lowest BCUT2D eigenvalue weighted by Crippen LogP contribution is -2.47. The number of hydrogen-bond donors (Lipinski definition) is 2. The van der Waals surface area contributed by atoms with Crippen LogP contribution < -0.4 is 5.32 Å². The molecule has 1 aromatic rings. The van der Waals surface area contributed by atoms with Gasteiger partial charge in [-0.3, -0.25) is 0 Å². The second-order valence-corrected chi connectivity index (χ2v) is 4.86. The third-order valence-corrected chi connectivity index (χ3v) is 3.53. The fourth-order valence-corrected chi connectivity index (χ4v) is 2.17. The highest BCUT2D eigenvalue weighted by atomic mass is 79.9. The molecule has 0 spiro atoms. The zero-order valence-corrected chi connectivity index (χ0v) is 10.5. The van der Waals surface area contributed by atoms with Gasteiger partial charge in [-0.25, -0.2) is 4.98 Å². The van der Waals surface area contributed by atoms with Crippen molar-refractivity contribution in [3.8, 4) is 0 Å². The third kappa shape index (κ3) is 2.53. The van der Waals surface area contributed by atoms with E-state index in [4.69, 9.17) is 4.74 Å². The van der Waals surface area contributed by atoms with Gasteiger partial charge in [0.05, 0.1) is 16.6 Å². The van der Waals surface area contributed by atoms with Gasteiger partial charge in [0, 0.05) is 19.4 Å². The highest BCUT2D eigenvalue weighted by molar-refractivity contribution is 9.10. The van der Waals surface area contributed by atoms with Crippen LogP contribution in [0.25, 0.3) is 0 Å². The lowest BCUT2D eigenvalue weighted by Gasteiger charge is -2.37. The van der Waals surface area contributed by atoms with Crippen LogP contribution in [0.3, 0.4) is 0 Å². The van der Waals surface area contributed by atoms with Crippen LogP contribution in [0.4, 0.5) is 5.82 Å². The van der Waals surface area contributed by atoms with Crippen molar-refractivity contribution in [1.82, 2.24) is 4.98 Å². The van der Waals surface area contributed by atoms with E-state index in [0.717, 1.165) is 23.1 Å². The quantitative estimate of drug-likeness (QED) is 0.890. The summed E-state index contributed by atoms with van der Waals surface area (Å²) >= 11 is 3.44. The van der Waals surface area contributed by atoms with E-state index in [1.54, 1.807) is 6.20 Å². The molecule has 0 bridgehead atoms. The van der Waals surface area contributed by atoms with E-state index >= 15 is 0 Å². The second-order valence-electron chi connectivity index (χ2n) is 4.01. The molecular weight excluding hydrogens is 272 g/mol. The first kappa shape index (κ1) is 11.8. The molecule has 2 heterocycles. The molecule has 1 aromatic heterocycles. The summed E-state index contributed by atoms with van der Waals surface area (Å²) in [6.45, 7) is 1.45. The largest absolute Gasteiger partial charge is 0.394 e. The maximum absolute atomic E-state index is 9.53. The predicted molar refractivity (Wildman–Crippen MR) is 65.4 cm³/mol. The van der Waals surface area contributed by atoms with E-state index in [9.17, 15) is 5.11 Å². The van der Waals surface area contributed by atoms with Crippen molar-refractivity contribution in [2.24, 2.45) is 0 Å². The third-order valence-electron chi connectivity index (χ3n) is 2.89. The average Bonchev–Trinajstić information content (AvgIpc) is 2.33. The number of hydrogen-bond acceptors (Lipinski definition) is 4. The molecule has 2 N–H and O–H groups in total. The summed E-state index contributed by atoms with van der Waals surface area (Å²) in [5, 5.41) is 12.9. The minimum Gasteiger partial charge on any atom is -0.394 e. The molecular formula is C11H15BrN2O2. The summed E-state index contributed by atoms with van der Waals surface area (Å²) in [6.07, 6.45) is 3.33. The van der Waals surface area contributed by atoms with Crippen molar-refractivity contribution in [3.05, 3.63) is 22.8 Å². The minimum atomic E-state index is -0.297. The molecule has 0 unspecified atom stereocenters. The van der Waals surface area contributed by atoms with Crippen LogP contribution in [-0.2, 0) is 4.74 Å². The van der Waals surface area contributed by atoms with E-state index in [2.05, 4.69) is 26.2 Å². The monoisotopic (exact) mass is 286 g/mol. The van der Waals surface area contributed by atoms with Crippen LogP contribution in [-0.4, -0.2) is 35.5 Å². The Bertz CT molecular complexity index is 354. The molecule has 1 aliphatic heterocycles. The Labute approximate surface area is 103 Å². The predicted octanol–water partition coefficient (Wildman–Crippen LogP) is 1.80. The van der Waals surface area contributed by atoms with Crippen molar-refractivity contribution < 1.29 is 9.84 Å². The van der Waals surface area contributed by atoms with Crippen molar-refractivity contribution >= 4 is 21.7 Å². The van der Waals surface area contributed by atoms with Crippen LogP contribution in [0.5, 0.6) is 0 Å². The topological polar surface area (TPSA) is 54.4 Å². The highest BCUT2D eigenvalue weighted by Gasteiger charge is 2.32. The smallest absolute Gasteiger partial charge is 0.140 e. The fraction of sp³-hybridized carbons (Fsp3) is 0.545. The normalized spacial score (nSPS) is 19.4. The van der Waals surface area contributed by atoms with Crippen LogP contribution in [0.1, 0.15) is 12.8 Å². The lowest BCUT2D eigenvalue weighted by molar-refractivity contribution is 0.0378. The van der Waals surface area contributed by atoms with Gasteiger partial charge in [0.1, 0.15) is 5.82 Å². The molecule has 0 aliphatic carbocycles. The van der Waals surface area contributed by atoms with E-state index in [0.29, 0.717) is 13.2 Å². The van der Waals surface area contributed by atoms with Crippen LogP contribution in [0.2, 0.25) is 0 Å². The van der Waals surface area contributed by atoms with E-state index < -0.39 is 0 Å². The molecule has 0 atom stereocenters. The van der Waals surface area contributed by atoms with Gasteiger partial charge in [0.25, 0.3) is 0 Å². The van der Waals surface area contributed by atoms with E-state index in [1.165, 1.54) is 0 Å². The maximum Gasteiger partial charge on any atom is 0.140 e. The molecule has 5 heteroatoms. The van der Waals surface area contributed by atoms with Gasteiger partial charge in [-0.2, -0.15) is 0 Å². The molecule has 0 aromatic carbocycles.